The van der Waals surface area contributed by atoms with Crippen LogP contribution in [-0.4, -0.2) is 35.5 Å². The van der Waals surface area contributed by atoms with Crippen molar-refractivity contribution in [3.8, 4) is 11.8 Å². The van der Waals surface area contributed by atoms with Crippen molar-refractivity contribution in [1.29, 1.82) is 5.26 Å². The van der Waals surface area contributed by atoms with E-state index in [-0.39, 0.29) is 30.2 Å². The molecule has 0 saturated heterocycles. The van der Waals surface area contributed by atoms with Crippen LogP contribution < -0.4 is 5.73 Å². The van der Waals surface area contributed by atoms with Crippen molar-refractivity contribution in [3.63, 3.8) is 0 Å². The van der Waals surface area contributed by atoms with E-state index >= 15 is 0 Å². The summed E-state index contributed by atoms with van der Waals surface area (Å²) in [6, 6.07) is 13.7. The summed E-state index contributed by atoms with van der Waals surface area (Å²) in [5.41, 5.74) is 5.79. The minimum Gasteiger partial charge on any atom is -0.506 e. The van der Waals surface area contributed by atoms with Crippen LogP contribution in [-0.2, 0) is 0 Å². The molecule has 0 spiro atoms. The summed E-state index contributed by atoms with van der Waals surface area (Å²) in [5.74, 6) is -0.152. The van der Waals surface area contributed by atoms with Crippen LogP contribution in [0.5, 0.6) is 5.75 Å². The zero-order valence-corrected chi connectivity index (χ0v) is 18.2. The van der Waals surface area contributed by atoms with E-state index in [2.05, 4.69) is 0 Å². The van der Waals surface area contributed by atoms with Gasteiger partial charge in [0.2, 0.25) is 0 Å². The fourth-order valence-electron chi connectivity index (χ4n) is 2.58. The molecule has 1 amide bonds. The lowest BCUT2D eigenvalue weighted by atomic mass is 10.1. The van der Waals surface area contributed by atoms with E-state index in [1.54, 1.807) is 29.2 Å². The van der Waals surface area contributed by atoms with Crippen molar-refractivity contribution in [3.05, 3.63) is 63.6 Å². The SMILES string of the molecule is C.CC(C)CN(CCCCN)C(=O)c1cccc(C#N)c1O.Clc1ccccc1Cl. The van der Waals surface area contributed by atoms with Crippen molar-refractivity contribution >= 4 is 29.1 Å². The zero-order chi connectivity index (χ0) is 21.8. The third-order valence-electron chi connectivity index (χ3n) is 3.97. The van der Waals surface area contributed by atoms with E-state index < -0.39 is 0 Å². The van der Waals surface area contributed by atoms with Gasteiger partial charge in [0.1, 0.15) is 11.8 Å². The third kappa shape index (κ3) is 9.04. The molecule has 0 bridgehead atoms. The molecular formula is C23H31Cl2N3O2. The second kappa shape index (κ2) is 14.7. The van der Waals surface area contributed by atoms with Gasteiger partial charge >= 0.3 is 0 Å². The first-order chi connectivity index (χ1) is 13.8. The van der Waals surface area contributed by atoms with E-state index in [0.29, 0.717) is 35.6 Å². The Balaban J connectivity index is 0.000000782. The molecule has 0 aliphatic carbocycles. The molecule has 0 aliphatic rings. The molecule has 2 aromatic rings. The highest BCUT2D eigenvalue weighted by molar-refractivity contribution is 6.41. The number of phenolic OH excluding ortho intramolecular Hbond substituents is 1. The number of para-hydroxylation sites is 1. The van der Waals surface area contributed by atoms with E-state index in [1.165, 1.54) is 6.07 Å². The molecule has 0 radical (unpaired) electrons. The van der Waals surface area contributed by atoms with Crippen molar-refractivity contribution in [1.82, 2.24) is 4.90 Å². The Bertz CT molecular complexity index is 814. The molecule has 0 aromatic heterocycles. The second-order valence-electron chi connectivity index (χ2n) is 6.87. The Hall–Kier alpha value is -2.26. The average Bonchev–Trinajstić information content (AvgIpc) is 2.69. The first-order valence-electron chi connectivity index (χ1n) is 9.43. The van der Waals surface area contributed by atoms with Gasteiger partial charge in [-0.05, 0) is 49.6 Å². The number of nitrogens with zero attached hydrogens (tertiary/aromatic N) is 2. The summed E-state index contributed by atoms with van der Waals surface area (Å²) in [4.78, 5) is 14.3. The highest BCUT2D eigenvalue weighted by atomic mass is 35.5. The Morgan fingerprint density at radius 3 is 2.20 bits per heavy atom. The lowest BCUT2D eigenvalue weighted by molar-refractivity contribution is 0.0730. The van der Waals surface area contributed by atoms with Crippen LogP contribution in [0.3, 0.4) is 0 Å². The fraction of sp³-hybridized carbons (Fsp3) is 0.391. The first kappa shape index (κ1) is 27.7. The number of nitriles is 1. The molecule has 3 N–H and O–H groups in total. The Labute approximate surface area is 190 Å². The molecule has 0 atom stereocenters. The normalized spacial score (nSPS) is 9.77. The maximum absolute atomic E-state index is 12.6. The van der Waals surface area contributed by atoms with Crippen molar-refractivity contribution in [2.24, 2.45) is 11.7 Å². The number of nitrogens with two attached hydrogens (primary N) is 1. The number of rotatable bonds is 7. The smallest absolute Gasteiger partial charge is 0.257 e. The third-order valence-corrected chi connectivity index (χ3v) is 4.72. The number of unbranched alkanes of at least 4 members (excludes halogenated alkanes) is 1. The number of amides is 1. The quantitative estimate of drug-likeness (QED) is 0.525. The van der Waals surface area contributed by atoms with E-state index in [9.17, 15) is 9.90 Å². The largest absolute Gasteiger partial charge is 0.506 e. The van der Waals surface area contributed by atoms with Crippen LogP contribution in [0.4, 0.5) is 0 Å². The van der Waals surface area contributed by atoms with Gasteiger partial charge < -0.3 is 15.7 Å². The molecule has 0 aliphatic heterocycles. The Morgan fingerprint density at radius 2 is 1.73 bits per heavy atom. The maximum Gasteiger partial charge on any atom is 0.257 e. The van der Waals surface area contributed by atoms with E-state index in [4.69, 9.17) is 34.2 Å². The van der Waals surface area contributed by atoms with Gasteiger partial charge in [0.15, 0.2) is 0 Å². The van der Waals surface area contributed by atoms with Gasteiger partial charge in [0, 0.05) is 13.1 Å². The molecule has 2 aromatic carbocycles. The zero-order valence-electron chi connectivity index (χ0n) is 16.7. The molecule has 2 rings (SSSR count). The summed E-state index contributed by atoms with van der Waals surface area (Å²) in [5, 5.41) is 20.2. The van der Waals surface area contributed by atoms with Gasteiger partial charge in [-0.15, -0.1) is 0 Å². The highest BCUT2D eigenvalue weighted by Crippen LogP contribution is 2.23. The van der Waals surface area contributed by atoms with E-state index in [1.807, 2.05) is 32.0 Å². The van der Waals surface area contributed by atoms with Gasteiger partial charge in [0.25, 0.3) is 5.91 Å². The molecule has 0 unspecified atom stereocenters. The Morgan fingerprint density at radius 1 is 1.13 bits per heavy atom. The van der Waals surface area contributed by atoms with Crippen LogP contribution in [0.1, 0.15) is 50.0 Å². The number of hydrogen-bond acceptors (Lipinski definition) is 4. The van der Waals surface area contributed by atoms with Gasteiger partial charge in [0.05, 0.1) is 21.2 Å². The second-order valence-corrected chi connectivity index (χ2v) is 7.68. The number of phenols is 1. The number of halogens is 2. The molecule has 5 nitrogen and oxygen atoms in total. The fourth-order valence-corrected chi connectivity index (χ4v) is 2.85. The predicted molar refractivity (Wildman–Crippen MR) is 125 cm³/mol. The van der Waals surface area contributed by atoms with Crippen LogP contribution in [0.15, 0.2) is 42.5 Å². The molecule has 0 heterocycles. The average molecular weight is 452 g/mol. The summed E-state index contributed by atoms with van der Waals surface area (Å²) < 4.78 is 0. The monoisotopic (exact) mass is 451 g/mol. The van der Waals surface area contributed by atoms with Gasteiger partial charge in [-0.2, -0.15) is 5.26 Å². The van der Waals surface area contributed by atoms with Crippen LogP contribution in [0, 0.1) is 17.2 Å². The minimum absolute atomic E-state index is 0. The van der Waals surface area contributed by atoms with Gasteiger partial charge in [-0.1, -0.05) is 62.7 Å². The molecule has 30 heavy (non-hydrogen) atoms. The van der Waals surface area contributed by atoms with Crippen LogP contribution >= 0.6 is 23.2 Å². The molecular weight excluding hydrogens is 421 g/mol. The number of carbonyl (C=O) groups excluding carboxylic acids is 1. The maximum atomic E-state index is 12.6. The molecule has 0 saturated carbocycles. The molecule has 164 valence electrons. The minimum atomic E-state index is -0.240. The first-order valence-corrected chi connectivity index (χ1v) is 10.2. The highest BCUT2D eigenvalue weighted by Gasteiger charge is 2.21. The number of aromatic hydroxyl groups is 1. The predicted octanol–water partition coefficient (Wildman–Crippen LogP) is 5.73. The number of carbonyl (C=O) groups is 1. The van der Waals surface area contributed by atoms with Gasteiger partial charge in [-0.3, -0.25) is 4.79 Å². The number of benzene rings is 2. The summed E-state index contributed by atoms with van der Waals surface area (Å²) >= 11 is 11.2. The lowest BCUT2D eigenvalue weighted by Crippen LogP contribution is -2.35. The van der Waals surface area contributed by atoms with Crippen molar-refractivity contribution in [2.75, 3.05) is 19.6 Å². The lowest BCUT2D eigenvalue weighted by Gasteiger charge is -2.25. The molecule has 7 heteroatoms. The number of hydrogen-bond donors (Lipinski definition) is 2. The van der Waals surface area contributed by atoms with Gasteiger partial charge in [-0.25, -0.2) is 0 Å². The summed E-state index contributed by atoms with van der Waals surface area (Å²) in [6.07, 6.45) is 1.68. The van der Waals surface area contributed by atoms with Crippen LogP contribution in [0.2, 0.25) is 10.0 Å². The Kier molecular flexibility index (Phi) is 13.6. The standard InChI is InChI=1S/C16H23N3O2.C6H4Cl2.CH4/c1-12(2)11-19(9-4-3-8-17)16(21)14-7-5-6-13(10-18)15(14)20;7-5-3-1-2-4-6(5)8;/h5-7,12,20H,3-4,8-9,11,17H2,1-2H3;1-4H;1H4. The summed E-state index contributed by atoms with van der Waals surface area (Å²) in [6.45, 7) is 5.88. The van der Waals surface area contributed by atoms with Crippen molar-refractivity contribution in [2.45, 2.75) is 34.1 Å². The summed E-state index contributed by atoms with van der Waals surface area (Å²) in [7, 11) is 0. The molecule has 0 fully saturated rings. The van der Waals surface area contributed by atoms with Crippen molar-refractivity contribution < 1.29 is 9.90 Å². The topological polar surface area (TPSA) is 90.4 Å². The van der Waals surface area contributed by atoms with Crippen LogP contribution in [0.25, 0.3) is 0 Å². The van der Waals surface area contributed by atoms with E-state index in [0.717, 1.165) is 12.8 Å².